The van der Waals surface area contributed by atoms with Crippen molar-refractivity contribution in [2.24, 2.45) is 0 Å². The molecule has 0 spiro atoms. The van der Waals surface area contributed by atoms with Crippen molar-refractivity contribution in [2.75, 3.05) is 12.3 Å². The number of esters is 1. The average molecular weight is 295 g/mol. The van der Waals surface area contributed by atoms with Gasteiger partial charge in [-0.1, -0.05) is 30.8 Å². The monoisotopic (exact) mass is 295 g/mol. The van der Waals surface area contributed by atoms with Gasteiger partial charge in [0.05, 0.1) is 5.69 Å². The summed E-state index contributed by atoms with van der Waals surface area (Å²) in [5, 5.41) is 6.47. The molecule has 7 heteroatoms. The van der Waals surface area contributed by atoms with Crippen LogP contribution in [0.2, 0.25) is 0 Å². The van der Waals surface area contributed by atoms with Crippen LogP contribution in [0, 0.1) is 6.92 Å². The molecule has 2 rings (SSSR count). The Morgan fingerprint density at radius 1 is 1.33 bits per heavy atom. The van der Waals surface area contributed by atoms with E-state index in [4.69, 9.17) is 10.5 Å². The Hall–Kier alpha value is -2.05. The Morgan fingerprint density at radius 3 is 2.57 bits per heavy atom. The summed E-state index contributed by atoms with van der Waals surface area (Å²) >= 11 is 0. The number of nitrogen functional groups attached to an aromatic ring is 1. The van der Waals surface area contributed by atoms with Crippen LogP contribution in [-0.4, -0.2) is 29.7 Å². The molecule has 0 aliphatic heterocycles. The van der Waals surface area contributed by atoms with Crippen molar-refractivity contribution in [1.82, 2.24) is 10.5 Å². The number of nitrogens with two attached hydrogens (primary N) is 1. The lowest BCUT2D eigenvalue weighted by Gasteiger charge is -2.16. The van der Waals surface area contributed by atoms with Crippen molar-refractivity contribution in [3.05, 3.63) is 11.3 Å². The van der Waals surface area contributed by atoms with Crippen LogP contribution >= 0.6 is 0 Å². The zero-order chi connectivity index (χ0) is 15.2. The summed E-state index contributed by atoms with van der Waals surface area (Å²) < 4.78 is 9.64. The highest BCUT2D eigenvalue weighted by molar-refractivity contribution is 5.96. The Morgan fingerprint density at radius 2 is 2.00 bits per heavy atom. The highest BCUT2D eigenvalue weighted by Crippen LogP contribution is 2.18. The normalized spacial score (nSPS) is 16.2. The number of carbonyl (C=O) groups excluding carboxylic acids is 2. The lowest BCUT2D eigenvalue weighted by atomic mass is 10.1. The maximum atomic E-state index is 11.8. The number of aryl methyl sites for hydroxylation is 1. The Labute approximate surface area is 123 Å². The first kappa shape index (κ1) is 15.3. The van der Waals surface area contributed by atoms with Gasteiger partial charge >= 0.3 is 5.97 Å². The van der Waals surface area contributed by atoms with Gasteiger partial charge in [0.15, 0.2) is 6.61 Å². The van der Waals surface area contributed by atoms with E-state index in [-0.39, 0.29) is 30.0 Å². The molecule has 0 bridgehead atoms. The van der Waals surface area contributed by atoms with Crippen LogP contribution in [0.15, 0.2) is 4.52 Å². The van der Waals surface area contributed by atoms with Crippen molar-refractivity contribution in [3.8, 4) is 0 Å². The number of amides is 1. The van der Waals surface area contributed by atoms with Gasteiger partial charge in [0.1, 0.15) is 5.56 Å². The quantitative estimate of drug-likeness (QED) is 0.644. The summed E-state index contributed by atoms with van der Waals surface area (Å²) in [7, 11) is 0. The van der Waals surface area contributed by atoms with Crippen molar-refractivity contribution < 1.29 is 18.8 Å². The van der Waals surface area contributed by atoms with Crippen molar-refractivity contribution in [3.63, 3.8) is 0 Å². The summed E-state index contributed by atoms with van der Waals surface area (Å²) in [5.74, 6) is -1.08. The number of nitrogens with zero attached hydrogens (tertiary/aromatic N) is 1. The third-order valence-electron chi connectivity index (χ3n) is 3.65. The Balaban J connectivity index is 1.79. The van der Waals surface area contributed by atoms with E-state index >= 15 is 0 Å². The molecule has 1 aliphatic rings. The van der Waals surface area contributed by atoms with Gasteiger partial charge in [0, 0.05) is 6.04 Å². The molecule has 0 saturated heterocycles. The fourth-order valence-corrected chi connectivity index (χ4v) is 2.53. The number of nitrogens with one attached hydrogen (secondary N) is 1. The van der Waals surface area contributed by atoms with Gasteiger partial charge in [-0.25, -0.2) is 4.79 Å². The van der Waals surface area contributed by atoms with Crippen LogP contribution in [0.1, 0.15) is 54.6 Å². The number of anilines is 1. The Kier molecular flexibility index (Phi) is 5.19. The molecule has 1 saturated carbocycles. The average Bonchev–Trinajstić information content (AvgIpc) is 2.67. The zero-order valence-electron chi connectivity index (χ0n) is 12.2. The molecule has 1 aliphatic carbocycles. The molecule has 0 unspecified atom stereocenters. The first-order chi connectivity index (χ1) is 10.1. The van der Waals surface area contributed by atoms with Gasteiger partial charge in [-0.3, -0.25) is 4.79 Å². The number of ether oxygens (including phenoxy) is 1. The minimum absolute atomic E-state index is 0.0808. The molecule has 116 valence electrons. The van der Waals surface area contributed by atoms with Gasteiger partial charge < -0.3 is 20.3 Å². The number of hydrogen-bond donors (Lipinski definition) is 2. The summed E-state index contributed by atoms with van der Waals surface area (Å²) in [4.78, 5) is 23.6. The predicted octanol–water partition coefficient (Wildman–Crippen LogP) is 1.56. The Bertz CT molecular complexity index is 485. The van der Waals surface area contributed by atoms with Gasteiger partial charge in [-0.15, -0.1) is 0 Å². The highest BCUT2D eigenvalue weighted by atomic mass is 16.5. The molecule has 0 radical (unpaired) electrons. The SMILES string of the molecule is Cc1noc(N)c1C(=O)OCC(=O)NC1CCCCCC1. The number of rotatable bonds is 4. The van der Waals surface area contributed by atoms with Gasteiger partial charge in [0.2, 0.25) is 5.88 Å². The molecule has 1 fully saturated rings. The van der Waals surface area contributed by atoms with E-state index < -0.39 is 5.97 Å². The van der Waals surface area contributed by atoms with Gasteiger partial charge in [-0.2, -0.15) is 0 Å². The fraction of sp³-hybridized carbons (Fsp3) is 0.643. The first-order valence-corrected chi connectivity index (χ1v) is 7.26. The largest absolute Gasteiger partial charge is 0.452 e. The molecule has 1 heterocycles. The van der Waals surface area contributed by atoms with Crippen LogP contribution < -0.4 is 11.1 Å². The lowest BCUT2D eigenvalue weighted by molar-refractivity contribution is -0.125. The van der Waals surface area contributed by atoms with Crippen LogP contribution in [0.4, 0.5) is 5.88 Å². The van der Waals surface area contributed by atoms with Crippen LogP contribution in [0.25, 0.3) is 0 Å². The highest BCUT2D eigenvalue weighted by Gasteiger charge is 2.21. The molecule has 0 atom stereocenters. The molecule has 1 aromatic heterocycles. The van der Waals surface area contributed by atoms with E-state index in [1.54, 1.807) is 6.92 Å². The maximum Gasteiger partial charge on any atom is 0.346 e. The number of aromatic nitrogens is 1. The van der Waals surface area contributed by atoms with Crippen LogP contribution in [-0.2, 0) is 9.53 Å². The topological polar surface area (TPSA) is 107 Å². The van der Waals surface area contributed by atoms with E-state index in [9.17, 15) is 9.59 Å². The first-order valence-electron chi connectivity index (χ1n) is 7.26. The lowest BCUT2D eigenvalue weighted by Crippen LogP contribution is -2.37. The second kappa shape index (κ2) is 7.10. The number of carbonyl (C=O) groups is 2. The van der Waals surface area contributed by atoms with E-state index in [2.05, 4.69) is 15.0 Å². The van der Waals surface area contributed by atoms with Crippen LogP contribution in [0.3, 0.4) is 0 Å². The minimum Gasteiger partial charge on any atom is -0.452 e. The van der Waals surface area contributed by atoms with Gasteiger partial charge in [-0.05, 0) is 19.8 Å². The molecular weight excluding hydrogens is 274 g/mol. The smallest absolute Gasteiger partial charge is 0.346 e. The summed E-state index contributed by atoms with van der Waals surface area (Å²) in [6.07, 6.45) is 6.65. The summed E-state index contributed by atoms with van der Waals surface area (Å²) in [6.45, 7) is 1.27. The molecule has 3 N–H and O–H groups in total. The summed E-state index contributed by atoms with van der Waals surface area (Å²) in [5.41, 5.74) is 5.91. The van der Waals surface area contributed by atoms with E-state index in [0.717, 1.165) is 25.7 Å². The third-order valence-corrected chi connectivity index (χ3v) is 3.65. The second-order valence-electron chi connectivity index (χ2n) is 5.34. The second-order valence-corrected chi connectivity index (χ2v) is 5.34. The molecule has 0 aromatic carbocycles. The molecule has 1 aromatic rings. The van der Waals surface area contributed by atoms with Crippen molar-refractivity contribution >= 4 is 17.8 Å². The standard InChI is InChI=1S/C14H21N3O4/c1-9-12(13(15)21-17-9)14(19)20-8-11(18)16-10-6-4-2-3-5-7-10/h10H,2-8,15H2,1H3,(H,16,18). The minimum atomic E-state index is -0.692. The third kappa shape index (κ3) is 4.21. The molecular formula is C14H21N3O4. The van der Waals surface area contributed by atoms with E-state index in [1.165, 1.54) is 12.8 Å². The summed E-state index contributed by atoms with van der Waals surface area (Å²) in [6, 6.07) is 0.182. The van der Waals surface area contributed by atoms with Crippen molar-refractivity contribution in [1.29, 1.82) is 0 Å². The van der Waals surface area contributed by atoms with E-state index in [0.29, 0.717) is 5.69 Å². The van der Waals surface area contributed by atoms with Crippen molar-refractivity contribution in [2.45, 2.75) is 51.5 Å². The van der Waals surface area contributed by atoms with Gasteiger partial charge in [0.25, 0.3) is 5.91 Å². The molecule has 1 amide bonds. The fourth-order valence-electron chi connectivity index (χ4n) is 2.53. The maximum absolute atomic E-state index is 11.8. The number of hydrogen-bond acceptors (Lipinski definition) is 6. The predicted molar refractivity (Wildman–Crippen MR) is 75.6 cm³/mol. The molecule has 21 heavy (non-hydrogen) atoms. The van der Waals surface area contributed by atoms with Crippen LogP contribution in [0.5, 0.6) is 0 Å². The zero-order valence-corrected chi connectivity index (χ0v) is 12.2. The van der Waals surface area contributed by atoms with E-state index in [1.807, 2.05) is 0 Å². The molecule has 7 nitrogen and oxygen atoms in total.